The number of hydrogen-bond acceptors (Lipinski definition) is 17. The van der Waals surface area contributed by atoms with Gasteiger partial charge in [0.15, 0.2) is 5.82 Å². The maximum atomic E-state index is 14.7. The predicted molar refractivity (Wildman–Crippen MR) is 348 cm³/mol. The zero-order valence-corrected chi connectivity index (χ0v) is 58.9. The molecular weight excluding hydrogens is 1230 g/mol. The zero-order chi connectivity index (χ0) is 64.6. The van der Waals surface area contributed by atoms with Crippen LogP contribution < -0.4 is 50.6 Å². The molecule has 2 aliphatic heterocycles. The van der Waals surface area contributed by atoms with Crippen LogP contribution in [0.5, 0.6) is 0 Å². The van der Waals surface area contributed by atoms with Gasteiger partial charge in [-0.15, -0.1) is 32.9 Å². The van der Waals surface area contributed by atoms with Crippen molar-refractivity contribution in [1.82, 2.24) is 40.6 Å². The summed E-state index contributed by atoms with van der Waals surface area (Å²) < 4.78 is 25.0. The van der Waals surface area contributed by atoms with Crippen molar-refractivity contribution in [2.75, 3.05) is 52.7 Å². The third-order valence-corrected chi connectivity index (χ3v) is 18.7. The van der Waals surface area contributed by atoms with Crippen LogP contribution in [0, 0.1) is 33.1 Å². The predicted octanol–water partition coefficient (Wildman–Crippen LogP) is 7.14. The van der Waals surface area contributed by atoms with E-state index in [1.54, 1.807) is 22.7 Å². The Morgan fingerprint density at radius 3 is 1.93 bits per heavy atom. The molecule has 24 heteroatoms. The van der Waals surface area contributed by atoms with Gasteiger partial charge in [-0.2, -0.15) is 0 Å². The molecule has 5 aromatic rings. The van der Waals surface area contributed by atoms with Crippen molar-refractivity contribution in [3.05, 3.63) is 104 Å². The number of thiophene rings is 1. The number of nitrogens with one attached hydrogen (secondary N) is 3. The number of carboxylic acid groups (broad SMARTS) is 1. The number of aromatic nitrogens is 4. The molecular formula is C67H91ClN9NaO11S2. The number of rotatable bonds is 38. The van der Waals surface area contributed by atoms with Crippen LogP contribution in [0.4, 0.5) is 0 Å². The Morgan fingerprint density at radius 1 is 0.736 bits per heavy atom. The van der Waals surface area contributed by atoms with Gasteiger partial charge in [0, 0.05) is 52.9 Å². The number of benzene rings is 2. The van der Waals surface area contributed by atoms with Crippen molar-refractivity contribution in [1.29, 1.82) is 0 Å². The molecule has 0 saturated carbocycles. The molecule has 2 aromatic carbocycles. The van der Waals surface area contributed by atoms with Gasteiger partial charge in [0.25, 0.3) is 0 Å². The number of nitrogens with zero attached hydrogens (tertiary/aromatic N) is 6. The summed E-state index contributed by atoms with van der Waals surface area (Å²) in [6.45, 7) is 14.7. The number of unbranched alkanes of at least 4 members (excludes halogenated alkanes) is 13. The minimum Gasteiger partial charge on any atom is -0.550 e. The number of ether oxygens (including phenoxy) is 4. The molecule has 0 aliphatic carbocycles. The number of aryl methyl sites for hydroxylation is 3. The number of hydrogen-bond donors (Lipinski definition) is 3. The minimum absolute atomic E-state index is 0. The molecule has 4 amide bonds. The van der Waals surface area contributed by atoms with E-state index >= 15 is 0 Å². The number of fused-ring (bicyclic) bond motifs is 3. The van der Waals surface area contributed by atoms with Crippen LogP contribution in [0.25, 0.3) is 15.4 Å². The average molecular weight is 1320 g/mol. The number of halogens is 1. The van der Waals surface area contributed by atoms with Crippen molar-refractivity contribution in [3.8, 4) is 15.4 Å². The second-order valence-corrected chi connectivity index (χ2v) is 27.0. The number of aliphatic carboxylic acids is 1. The topological polar surface area (TPSA) is 258 Å². The van der Waals surface area contributed by atoms with Gasteiger partial charge in [-0.3, -0.25) is 33.5 Å². The Morgan fingerprint density at radius 2 is 1.33 bits per heavy atom. The van der Waals surface area contributed by atoms with Gasteiger partial charge in [-0.1, -0.05) is 146 Å². The molecule has 490 valence electrons. The van der Waals surface area contributed by atoms with Crippen LogP contribution in [-0.2, 0) is 54.3 Å². The van der Waals surface area contributed by atoms with Crippen LogP contribution in [-0.4, -0.2) is 137 Å². The molecule has 1 fully saturated rings. The molecule has 3 aromatic heterocycles. The van der Waals surface area contributed by atoms with Crippen LogP contribution in [0.3, 0.4) is 0 Å². The van der Waals surface area contributed by atoms with E-state index in [0.717, 1.165) is 98.9 Å². The molecule has 4 atom stereocenters. The zero-order valence-electron chi connectivity index (χ0n) is 54.5. The summed E-state index contributed by atoms with van der Waals surface area (Å²) in [5, 5.41) is 29.8. The molecule has 2 aliphatic rings. The molecule has 0 radical (unpaired) electrons. The number of esters is 1. The second kappa shape index (κ2) is 38.1. The van der Waals surface area contributed by atoms with Gasteiger partial charge in [0.2, 0.25) is 23.6 Å². The Bertz CT molecular complexity index is 3180. The molecule has 0 spiro atoms. The number of aliphatic imine (C=N–C) groups is 1. The fraction of sp³-hybridized carbons (Fsp3) is 0.582. The summed E-state index contributed by atoms with van der Waals surface area (Å²) in [6.07, 6.45) is 14.6. The smallest absolute Gasteiger partial charge is 0.550 e. The third-order valence-electron chi connectivity index (χ3n) is 16.3. The van der Waals surface area contributed by atoms with Crippen molar-refractivity contribution in [2.24, 2.45) is 10.4 Å². The van der Waals surface area contributed by atoms with Crippen LogP contribution in [0.15, 0.2) is 59.0 Å². The molecule has 3 N–H and O–H groups in total. The number of amides is 4. The summed E-state index contributed by atoms with van der Waals surface area (Å²) in [4.78, 5) is 92.6. The van der Waals surface area contributed by atoms with E-state index in [0.29, 0.717) is 29.5 Å². The van der Waals surface area contributed by atoms with E-state index < -0.39 is 53.3 Å². The van der Waals surface area contributed by atoms with Crippen LogP contribution in [0.1, 0.15) is 187 Å². The maximum Gasteiger partial charge on any atom is 1.00 e. The van der Waals surface area contributed by atoms with Crippen molar-refractivity contribution >= 4 is 75.6 Å². The first-order valence-corrected chi connectivity index (χ1v) is 34.0. The molecule has 7 rings (SSSR count). The summed E-state index contributed by atoms with van der Waals surface area (Å²) >= 11 is 9.47. The SMILES string of the molecule is Cc1ncsc1-c1ccc(CNC(=O)[C@@H]2C[C@@H](OC(=O)CCCCCCCCCCCCCCCCC(=O)[O-])CN2C(=O)[C@@H](NC(=O)COCCOCCOCCNC(=O)C[C@@H]2N=C(c3ccc(Cl)cc3)c3c(sc(C)c3C)-n3c(C)nnc32)C(C)(C)C)cc1.[Na+]. The normalized spacial score (nSPS) is 15.6. The molecule has 5 heterocycles. The molecule has 91 heavy (non-hydrogen) atoms. The van der Waals surface area contributed by atoms with Gasteiger partial charge < -0.3 is 49.7 Å². The van der Waals surface area contributed by atoms with E-state index in [9.17, 15) is 33.9 Å². The van der Waals surface area contributed by atoms with Gasteiger partial charge in [0.05, 0.1) is 67.8 Å². The number of carbonyl (C=O) groups is 6. The van der Waals surface area contributed by atoms with Crippen molar-refractivity contribution < 1.29 is 82.4 Å². The van der Waals surface area contributed by atoms with E-state index in [1.165, 1.54) is 37.0 Å². The Balaban J connectivity index is 0.0000132. The Labute approximate surface area is 571 Å². The van der Waals surface area contributed by atoms with Gasteiger partial charge in [-0.25, -0.2) is 4.98 Å². The van der Waals surface area contributed by atoms with Crippen LogP contribution >= 0.6 is 34.3 Å². The third kappa shape index (κ3) is 23.2. The number of carbonyl (C=O) groups excluding carboxylic acids is 6. The standard InChI is InChI=1S/C67H92ClN9O11S2.Na/c1-44-46(3)90-66-59(44)60(49-28-30-51(68)31-29-49)72-53(63-75-74-47(4)77(63)66)39-55(78)69-32-33-85-34-35-86-36-37-87-42-56(79)73-62(67(5,6)7)65(84)76-41-52(38-54(76)64(83)70-40-48-24-26-50(27-25-48)61-45(2)71-43-89-61)88-58(82)23-21-19-17-15-13-11-9-8-10-12-14-16-18-20-22-57(80)81;/h24-31,43,52-54,62H,8-23,32-42H2,1-7H3,(H,69,78)(H,70,83)(H,73,79)(H,80,81);/q;+1/p-1/t52-,53+,54+,62-;/m1./s1. The molecule has 20 nitrogen and oxygen atoms in total. The summed E-state index contributed by atoms with van der Waals surface area (Å²) in [6, 6.07) is 12.8. The molecule has 1 saturated heterocycles. The quantitative estimate of drug-likeness (QED) is 0.0202. The Kier molecular flexibility index (Phi) is 31.2. The first-order valence-electron chi connectivity index (χ1n) is 31.9. The van der Waals surface area contributed by atoms with E-state index in [-0.39, 0.29) is 126 Å². The summed E-state index contributed by atoms with van der Waals surface area (Å²) in [5.41, 5.74) is 7.62. The summed E-state index contributed by atoms with van der Waals surface area (Å²) in [5.74, 6) is -1.62. The first-order chi connectivity index (χ1) is 43.3. The van der Waals surface area contributed by atoms with Gasteiger partial charge >= 0.3 is 35.5 Å². The largest absolute Gasteiger partial charge is 1.00 e. The monoisotopic (exact) mass is 1320 g/mol. The van der Waals surface area contributed by atoms with E-state index in [4.69, 9.17) is 35.5 Å². The molecule has 0 bridgehead atoms. The van der Waals surface area contributed by atoms with E-state index in [1.807, 2.05) is 93.2 Å². The number of likely N-dealkylation sites (tertiary alicyclic amines) is 1. The fourth-order valence-electron chi connectivity index (χ4n) is 11.2. The minimum atomic E-state index is -1.04. The first kappa shape index (κ1) is 74.6. The fourth-order valence-corrected chi connectivity index (χ4v) is 13.4. The van der Waals surface area contributed by atoms with Crippen molar-refractivity contribution in [3.63, 3.8) is 0 Å². The van der Waals surface area contributed by atoms with E-state index in [2.05, 4.69) is 45.0 Å². The number of thiazole rings is 1. The Hall–Kier alpha value is -5.43. The van der Waals surface area contributed by atoms with Gasteiger partial charge in [0.1, 0.15) is 41.7 Å². The molecule has 0 unspecified atom stereocenters. The number of carboxylic acids is 1. The van der Waals surface area contributed by atoms with Crippen LogP contribution in [0.2, 0.25) is 5.02 Å². The van der Waals surface area contributed by atoms with Crippen molar-refractivity contribution in [2.45, 2.75) is 195 Å². The van der Waals surface area contributed by atoms with Gasteiger partial charge in [-0.05, 0) is 81.2 Å². The maximum absolute atomic E-state index is 14.7. The summed E-state index contributed by atoms with van der Waals surface area (Å²) in [7, 11) is 0. The second-order valence-electron chi connectivity index (χ2n) is 24.5. The average Bonchev–Trinajstić information content (AvgIpc) is 1.60.